The number of carboxylic acids is 1. The van der Waals surface area contributed by atoms with Crippen molar-refractivity contribution >= 4 is 17.8 Å². The summed E-state index contributed by atoms with van der Waals surface area (Å²) in [6, 6.07) is -0.464. The van der Waals surface area contributed by atoms with Crippen LogP contribution in [0.15, 0.2) is 12.2 Å². The molecule has 6 heteroatoms. The summed E-state index contributed by atoms with van der Waals surface area (Å²) >= 11 is 0. The molecule has 6 nitrogen and oxygen atoms in total. The van der Waals surface area contributed by atoms with E-state index in [1.165, 1.54) is 4.90 Å². The van der Waals surface area contributed by atoms with Gasteiger partial charge in [-0.05, 0) is 6.42 Å². The Morgan fingerprint density at radius 1 is 1.62 bits per heavy atom. The molecule has 1 saturated heterocycles. The second-order valence-electron chi connectivity index (χ2n) is 3.65. The second kappa shape index (κ2) is 4.89. The molecule has 0 spiro atoms. The Kier molecular flexibility index (Phi) is 3.78. The number of carbonyl (C=O) groups is 3. The highest BCUT2D eigenvalue weighted by atomic mass is 16.4. The lowest BCUT2D eigenvalue weighted by Gasteiger charge is -2.33. The lowest BCUT2D eigenvalue weighted by molar-refractivity contribution is -0.141. The van der Waals surface area contributed by atoms with Crippen LogP contribution in [0.4, 0.5) is 0 Å². The van der Waals surface area contributed by atoms with Gasteiger partial charge in [0.2, 0.25) is 11.8 Å². The average Bonchev–Trinajstić information content (AvgIpc) is 2.16. The average molecular weight is 226 g/mol. The molecule has 1 aliphatic heterocycles. The number of hydrogen-bond donors (Lipinski definition) is 2. The molecule has 1 fully saturated rings. The quantitative estimate of drug-likeness (QED) is 0.492. The fourth-order valence-electron chi connectivity index (χ4n) is 1.64. The van der Waals surface area contributed by atoms with Crippen molar-refractivity contribution in [2.75, 3.05) is 13.1 Å². The number of aliphatic carboxylic acids is 1. The third-order valence-electron chi connectivity index (χ3n) is 2.44. The molecular formula is C10H14N2O4. The van der Waals surface area contributed by atoms with E-state index in [9.17, 15) is 14.4 Å². The summed E-state index contributed by atoms with van der Waals surface area (Å²) in [5.74, 6) is -1.90. The van der Waals surface area contributed by atoms with Crippen molar-refractivity contribution in [1.29, 1.82) is 0 Å². The SMILES string of the molecule is C=C(CN1CC(=O)NC(=O)C1CC)C(=O)O. The van der Waals surface area contributed by atoms with E-state index in [0.29, 0.717) is 6.42 Å². The molecule has 1 atom stereocenters. The van der Waals surface area contributed by atoms with Crippen LogP contribution in [-0.2, 0) is 14.4 Å². The smallest absolute Gasteiger partial charge is 0.332 e. The molecule has 1 unspecified atom stereocenters. The number of carboxylic acid groups (broad SMARTS) is 1. The number of piperazine rings is 1. The van der Waals surface area contributed by atoms with Crippen LogP contribution in [-0.4, -0.2) is 46.9 Å². The van der Waals surface area contributed by atoms with Crippen molar-refractivity contribution in [3.8, 4) is 0 Å². The van der Waals surface area contributed by atoms with Crippen molar-refractivity contribution in [2.45, 2.75) is 19.4 Å². The molecule has 0 aromatic rings. The third kappa shape index (κ3) is 2.66. The number of carbonyl (C=O) groups excluding carboxylic acids is 2. The Morgan fingerprint density at radius 2 is 2.25 bits per heavy atom. The molecule has 16 heavy (non-hydrogen) atoms. The monoisotopic (exact) mass is 226 g/mol. The first-order chi connectivity index (χ1) is 7.45. The summed E-state index contributed by atoms with van der Waals surface area (Å²) in [5, 5.41) is 10.9. The molecular weight excluding hydrogens is 212 g/mol. The molecule has 0 aromatic carbocycles. The largest absolute Gasteiger partial charge is 0.478 e. The van der Waals surface area contributed by atoms with Gasteiger partial charge in [0, 0.05) is 12.1 Å². The van der Waals surface area contributed by atoms with Gasteiger partial charge in [0.1, 0.15) is 0 Å². The Morgan fingerprint density at radius 3 is 2.75 bits per heavy atom. The van der Waals surface area contributed by atoms with Crippen LogP contribution in [0.25, 0.3) is 0 Å². The van der Waals surface area contributed by atoms with Gasteiger partial charge in [0.25, 0.3) is 0 Å². The first-order valence-electron chi connectivity index (χ1n) is 4.94. The van der Waals surface area contributed by atoms with Crippen molar-refractivity contribution in [3.63, 3.8) is 0 Å². The van der Waals surface area contributed by atoms with Crippen molar-refractivity contribution in [3.05, 3.63) is 12.2 Å². The topological polar surface area (TPSA) is 86.7 Å². The van der Waals surface area contributed by atoms with E-state index in [-0.39, 0.29) is 24.6 Å². The summed E-state index contributed by atoms with van der Waals surface area (Å²) in [4.78, 5) is 34.7. The number of imide groups is 1. The zero-order chi connectivity index (χ0) is 12.3. The Labute approximate surface area is 92.9 Å². The summed E-state index contributed by atoms with van der Waals surface area (Å²) in [6.07, 6.45) is 0.520. The minimum Gasteiger partial charge on any atom is -0.478 e. The number of nitrogens with zero attached hydrogens (tertiary/aromatic N) is 1. The molecule has 0 radical (unpaired) electrons. The summed E-state index contributed by atoms with van der Waals surface area (Å²) in [7, 11) is 0. The lowest BCUT2D eigenvalue weighted by Crippen LogP contribution is -2.58. The highest BCUT2D eigenvalue weighted by Gasteiger charge is 2.32. The van der Waals surface area contributed by atoms with E-state index >= 15 is 0 Å². The maximum Gasteiger partial charge on any atom is 0.332 e. The van der Waals surface area contributed by atoms with E-state index in [1.54, 1.807) is 6.92 Å². The third-order valence-corrected chi connectivity index (χ3v) is 2.44. The van der Waals surface area contributed by atoms with E-state index in [2.05, 4.69) is 11.9 Å². The Bertz CT molecular complexity index is 351. The predicted octanol–water partition coefficient (Wildman–Crippen LogP) is -0.636. The number of nitrogens with one attached hydrogen (secondary N) is 1. The number of rotatable bonds is 4. The fraction of sp³-hybridized carbons (Fsp3) is 0.500. The van der Waals surface area contributed by atoms with Gasteiger partial charge in [0.15, 0.2) is 0 Å². The van der Waals surface area contributed by atoms with Gasteiger partial charge in [-0.15, -0.1) is 0 Å². The van der Waals surface area contributed by atoms with Gasteiger partial charge >= 0.3 is 5.97 Å². The van der Waals surface area contributed by atoms with Crippen LogP contribution in [0.5, 0.6) is 0 Å². The second-order valence-corrected chi connectivity index (χ2v) is 3.65. The van der Waals surface area contributed by atoms with Crippen molar-refractivity contribution < 1.29 is 19.5 Å². The first kappa shape index (κ1) is 12.4. The van der Waals surface area contributed by atoms with Gasteiger partial charge in [-0.2, -0.15) is 0 Å². The van der Waals surface area contributed by atoms with Crippen molar-refractivity contribution in [2.24, 2.45) is 0 Å². The summed E-state index contributed by atoms with van der Waals surface area (Å²) < 4.78 is 0. The van der Waals surface area contributed by atoms with Crippen LogP contribution >= 0.6 is 0 Å². The molecule has 2 N–H and O–H groups in total. The van der Waals surface area contributed by atoms with Crippen LogP contribution < -0.4 is 5.32 Å². The highest BCUT2D eigenvalue weighted by Crippen LogP contribution is 2.10. The minimum absolute atomic E-state index is 0.0208. The van der Waals surface area contributed by atoms with Gasteiger partial charge in [0.05, 0.1) is 12.6 Å². The summed E-state index contributed by atoms with van der Waals surface area (Å²) in [5.41, 5.74) is -0.0269. The molecule has 0 aromatic heterocycles. The molecule has 1 rings (SSSR count). The predicted molar refractivity (Wildman–Crippen MR) is 55.6 cm³/mol. The molecule has 1 heterocycles. The van der Waals surface area contributed by atoms with Gasteiger partial charge in [-0.1, -0.05) is 13.5 Å². The zero-order valence-corrected chi connectivity index (χ0v) is 9.02. The minimum atomic E-state index is -1.12. The van der Waals surface area contributed by atoms with Crippen LogP contribution in [0.1, 0.15) is 13.3 Å². The first-order valence-corrected chi connectivity index (χ1v) is 4.94. The van der Waals surface area contributed by atoms with Crippen LogP contribution in [0.3, 0.4) is 0 Å². The number of amides is 2. The Balaban J connectivity index is 2.75. The molecule has 0 bridgehead atoms. The van der Waals surface area contributed by atoms with E-state index in [4.69, 9.17) is 5.11 Å². The maximum absolute atomic E-state index is 11.4. The van der Waals surface area contributed by atoms with Crippen LogP contribution in [0.2, 0.25) is 0 Å². The maximum atomic E-state index is 11.4. The molecule has 0 aliphatic carbocycles. The standard InChI is InChI=1S/C10H14N2O4/c1-3-7-9(14)11-8(13)5-12(7)4-6(2)10(15)16/h7H,2-5H2,1H3,(H,15,16)(H,11,13,14). The van der Waals surface area contributed by atoms with Gasteiger partial charge in [-0.3, -0.25) is 19.8 Å². The van der Waals surface area contributed by atoms with E-state index in [0.717, 1.165) is 0 Å². The molecule has 1 aliphatic rings. The fourth-order valence-corrected chi connectivity index (χ4v) is 1.64. The zero-order valence-electron chi connectivity index (χ0n) is 9.02. The Hall–Kier alpha value is -1.69. The highest BCUT2D eigenvalue weighted by molar-refractivity contribution is 6.01. The van der Waals surface area contributed by atoms with E-state index in [1.807, 2.05) is 0 Å². The van der Waals surface area contributed by atoms with Crippen LogP contribution in [0, 0.1) is 0 Å². The van der Waals surface area contributed by atoms with Crippen molar-refractivity contribution in [1.82, 2.24) is 10.2 Å². The molecule has 0 saturated carbocycles. The van der Waals surface area contributed by atoms with Gasteiger partial charge < -0.3 is 5.11 Å². The number of hydrogen-bond acceptors (Lipinski definition) is 4. The lowest BCUT2D eigenvalue weighted by atomic mass is 10.1. The summed E-state index contributed by atoms with van der Waals surface area (Å²) in [6.45, 7) is 5.23. The molecule has 2 amide bonds. The normalized spacial score (nSPS) is 21.7. The van der Waals surface area contributed by atoms with E-state index < -0.39 is 17.9 Å². The molecule has 88 valence electrons. The van der Waals surface area contributed by atoms with Gasteiger partial charge in [-0.25, -0.2) is 4.79 Å².